The molecule has 3 aliphatic heterocycles. The zero-order chi connectivity index (χ0) is 18.9. The summed E-state index contributed by atoms with van der Waals surface area (Å²) in [6, 6.07) is 8.90. The monoisotopic (exact) mass is 378 g/mol. The summed E-state index contributed by atoms with van der Waals surface area (Å²) in [7, 11) is 0. The molecule has 28 heavy (non-hydrogen) atoms. The normalized spacial score (nSPS) is 32.6. The molecule has 3 heterocycles. The first-order valence-corrected chi connectivity index (χ1v) is 10.1. The third-order valence-electron chi connectivity index (χ3n) is 7.11. The number of amidine groups is 1. The molecular weight excluding hydrogens is 356 g/mol. The van der Waals surface area contributed by atoms with Crippen LogP contribution in [-0.2, 0) is 31.3 Å². The van der Waals surface area contributed by atoms with Crippen LogP contribution in [0.15, 0.2) is 40.9 Å². The predicted octanol–water partition coefficient (Wildman–Crippen LogP) is 2.47. The van der Waals surface area contributed by atoms with Crippen molar-refractivity contribution in [2.75, 3.05) is 13.1 Å². The highest BCUT2D eigenvalue weighted by atomic mass is 16.5. The summed E-state index contributed by atoms with van der Waals surface area (Å²) in [6.45, 7) is 2.17. The summed E-state index contributed by atoms with van der Waals surface area (Å²) in [4.78, 5) is 30.7. The largest absolute Gasteiger partial charge is 0.448 e. The van der Waals surface area contributed by atoms with Crippen LogP contribution in [0, 0.1) is 5.92 Å². The molecule has 1 aromatic carbocycles. The lowest BCUT2D eigenvalue weighted by Crippen LogP contribution is -2.46. The highest BCUT2D eigenvalue weighted by molar-refractivity contribution is 6.03. The molecule has 1 aromatic rings. The predicted molar refractivity (Wildman–Crippen MR) is 100 cm³/mol. The van der Waals surface area contributed by atoms with Gasteiger partial charge in [-0.2, -0.15) is 4.99 Å². The number of benzene rings is 1. The van der Waals surface area contributed by atoms with E-state index < -0.39 is 5.60 Å². The molecule has 1 saturated heterocycles. The lowest BCUT2D eigenvalue weighted by Gasteiger charge is -2.39. The number of ether oxygens (including phenoxy) is 2. The minimum atomic E-state index is -0.877. The minimum Gasteiger partial charge on any atom is -0.448 e. The maximum atomic E-state index is 12.7. The maximum Gasteiger partial charge on any atom is 0.296 e. The van der Waals surface area contributed by atoms with Gasteiger partial charge in [-0.15, -0.1) is 0 Å². The molecule has 6 nitrogen and oxygen atoms in total. The van der Waals surface area contributed by atoms with Crippen molar-refractivity contribution in [1.82, 2.24) is 4.90 Å². The Labute approximate surface area is 163 Å². The summed E-state index contributed by atoms with van der Waals surface area (Å²) in [5.74, 6) is 0.131. The summed E-state index contributed by atoms with van der Waals surface area (Å²) in [5.41, 5.74) is 2.54. The van der Waals surface area contributed by atoms with Gasteiger partial charge >= 0.3 is 0 Å². The first-order chi connectivity index (χ1) is 13.6. The van der Waals surface area contributed by atoms with E-state index in [9.17, 15) is 9.59 Å². The Hall–Kier alpha value is -2.47. The number of allylic oxidation sites excluding steroid dienone is 1. The molecule has 2 spiro atoms. The second kappa shape index (κ2) is 5.54. The van der Waals surface area contributed by atoms with E-state index in [1.807, 2.05) is 0 Å². The standard InChI is InChI=1S/C22H22N2O4/c25-17-9-15-11-22(12-16(15)10-17)19(26)23-20(28-22)24-7-5-21(6-8-24)18-4-2-1-3-14(18)13-27-21/h1-4,9,16H,5-8,10-13H2. The average molecular weight is 378 g/mol. The van der Waals surface area contributed by atoms with Gasteiger partial charge < -0.3 is 14.4 Å². The molecule has 0 radical (unpaired) electrons. The molecule has 2 atom stereocenters. The van der Waals surface area contributed by atoms with E-state index in [0.29, 0.717) is 31.9 Å². The average Bonchev–Trinajstić information content (AvgIpc) is 3.40. The van der Waals surface area contributed by atoms with Gasteiger partial charge in [0.1, 0.15) is 0 Å². The van der Waals surface area contributed by atoms with Gasteiger partial charge in [0, 0.05) is 32.4 Å². The third-order valence-corrected chi connectivity index (χ3v) is 7.11. The number of amides is 1. The van der Waals surface area contributed by atoms with Crippen LogP contribution in [0.1, 0.15) is 43.2 Å². The van der Waals surface area contributed by atoms with E-state index in [2.05, 4.69) is 34.2 Å². The van der Waals surface area contributed by atoms with Crippen molar-refractivity contribution in [3.05, 3.63) is 47.0 Å². The SMILES string of the molecule is O=C1C=C2CC3(CC2C1)OC(N1CCC2(CC1)OCc1ccccc12)=NC3=O. The molecule has 144 valence electrons. The quantitative estimate of drug-likeness (QED) is 0.694. The molecule has 1 saturated carbocycles. The number of rotatable bonds is 0. The summed E-state index contributed by atoms with van der Waals surface area (Å²) in [6.07, 6.45) is 5.00. The Morgan fingerprint density at radius 2 is 1.93 bits per heavy atom. The minimum absolute atomic E-state index is 0.152. The maximum absolute atomic E-state index is 12.7. The molecule has 5 aliphatic rings. The van der Waals surface area contributed by atoms with E-state index in [-0.39, 0.29) is 23.2 Å². The van der Waals surface area contributed by atoms with Gasteiger partial charge in [-0.1, -0.05) is 29.8 Å². The number of aliphatic imine (C=N–C) groups is 1. The van der Waals surface area contributed by atoms with Gasteiger partial charge in [-0.05, 0) is 36.0 Å². The molecule has 6 heteroatoms. The highest BCUT2D eigenvalue weighted by Crippen LogP contribution is 2.49. The van der Waals surface area contributed by atoms with Crippen LogP contribution in [0.4, 0.5) is 0 Å². The van der Waals surface area contributed by atoms with E-state index in [1.54, 1.807) is 6.08 Å². The lowest BCUT2D eigenvalue weighted by molar-refractivity contribution is -0.131. The van der Waals surface area contributed by atoms with E-state index in [1.165, 1.54) is 11.1 Å². The summed E-state index contributed by atoms with van der Waals surface area (Å²) >= 11 is 0. The van der Waals surface area contributed by atoms with Gasteiger partial charge in [-0.25, -0.2) is 0 Å². The van der Waals surface area contributed by atoms with Crippen molar-refractivity contribution in [3.8, 4) is 0 Å². The summed E-state index contributed by atoms with van der Waals surface area (Å²) in [5, 5.41) is 0. The molecule has 0 bridgehead atoms. The fourth-order valence-corrected chi connectivity index (χ4v) is 5.62. The van der Waals surface area contributed by atoms with Gasteiger partial charge in [-0.3, -0.25) is 9.59 Å². The first kappa shape index (κ1) is 16.5. The van der Waals surface area contributed by atoms with Gasteiger partial charge in [0.25, 0.3) is 11.9 Å². The molecule has 2 fully saturated rings. The molecular formula is C22H22N2O4. The zero-order valence-electron chi connectivity index (χ0n) is 15.6. The van der Waals surface area contributed by atoms with Crippen LogP contribution in [0.3, 0.4) is 0 Å². The Morgan fingerprint density at radius 3 is 2.75 bits per heavy atom. The number of carbonyl (C=O) groups is 2. The number of hydrogen-bond acceptors (Lipinski definition) is 5. The molecule has 2 unspecified atom stereocenters. The molecule has 2 aliphatic carbocycles. The smallest absolute Gasteiger partial charge is 0.296 e. The topological polar surface area (TPSA) is 68.2 Å². The van der Waals surface area contributed by atoms with Crippen molar-refractivity contribution in [1.29, 1.82) is 0 Å². The third kappa shape index (κ3) is 2.21. The Balaban J connectivity index is 1.18. The Kier molecular flexibility index (Phi) is 3.26. The molecule has 0 N–H and O–H groups in total. The summed E-state index contributed by atoms with van der Waals surface area (Å²) < 4.78 is 12.4. The number of likely N-dealkylation sites (tertiary alicyclic amines) is 1. The van der Waals surface area contributed by atoms with Gasteiger partial charge in [0.2, 0.25) is 0 Å². The van der Waals surface area contributed by atoms with Crippen molar-refractivity contribution in [2.24, 2.45) is 10.9 Å². The molecule has 0 aromatic heterocycles. The fraction of sp³-hybridized carbons (Fsp3) is 0.500. The number of hydrogen-bond donors (Lipinski definition) is 0. The second-order valence-corrected chi connectivity index (χ2v) is 8.69. The highest BCUT2D eigenvalue weighted by Gasteiger charge is 2.56. The van der Waals surface area contributed by atoms with E-state index >= 15 is 0 Å². The molecule has 6 rings (SSSR count). The second-order valence-electron chi connectivity index (χ2n) is 8.69. The van der Waals surface area contributed by atoms with E-state index in [4.69, 9.17) is 9.47 Å². The van der Waals surface area contributed by atoms with Crippen LogP contribution < -0.4 is 0 Å². The van der Waals surface area contributed by atoms with Crippen LogP contribution in [-0.4, -0.2) is 41.3 Å². The van der Waals surface area contributed by atoms with Crippen LogP contribution in [0.2, 0.25) is 0 Å². The van der Waals surface area contributed by atoms with E-state index in [0.717, 1.165) is 31.5 Å². The van der Waals surface area contributed by atoms with Crippen LogP contribution in [0.25, 0.3) is 0 Å². The number of fused-ring (bicyclic) bond motifs is 3. The van der Waals surface area contributed by atoms with Crippen LogP contribution in [0.5, 0.6) is 0 Å². The number of ketones is 1. The Bertz CT molecular complexity index is 957. The van der Waals surface area contributed by atoms with Crippen molar-refractivity contribution in [2.45, 2.75) is 49.9 Å². The fourth-order valence-electron chi connectivity index (χ4n) is 5.62. The number of carbonyl (C=O) groups excluding carboxylic acids is 2. The van der Waals surface area contributed by atoms with Gasteiger partial charge in [0.15, 0.2) is 11.4 Å². The van der Waals surface area contributed by atoms with Crippen molar-refractivity contribution >= 4 is 17.7 Å². The first-order valence-electron chi connectivity index (χ1n) is 10.1. The lowest BCUT2D eigenvalue weighted by atomic mass is 9.84. The zero-order valence-corrected chi connectivity index (χ0v) is 15.6. The van der Waals surface area contributed by atoms with Crippen molar-refractivity contribution < 1.29 is 19.1 Å². The Morgan fingerprint density at radius 1 is 1.11 bits per heavy atom. The van der Waals surface area contributed by atoms with Crippen LogP contribution >= 0.6 is 0 Å². The number of nitrogens with zero attached hydrogens (tertiary/aromatic N) is 2. The van der Waals surface area contributed by atoms with Gasteiger partial charge in [0.05, 0.1) is 12.2 Å². The van der Waals surface area contributed by atoms with Crippen molar-refractivity contribution in [3.63, 3.8) is 0 Å². The molecule has 1 amide bonds. The number of piperidine rings is 1.